The number of nitriles is 1. The van der Waals surface area contributed by atoms with E-state index in [1.165, 1.54) is 6.07 Å². The number of carboxylic acid groups (broad SMARTS) is 1. The lowest BCUT2D eigenvalue weighted by atomic mass is 9.98. The fourth-order valence-corrected chi connectivity index (χ4v) is 1.31. The molecule has 3 nitrogen and oxygen atoms in total. The Hall–Kier alpha value is -2.17. The van der Waals surface area contributed by atoms with Gasteiger partial charge in [-0.05, 0) is 12.1 Å². The minimum Gasteiger partial charge on any atom is -0.478 e. The summed E-state index contributed by atoms with van der Waals surface area (Å²) >= 11 is 0. The molecule has 0 fully saturated rings. The maximum absolute atomic E-state index is 12.5. The number of carbonyl (C=O) groups is 1. The summed E-state index contributed by atoms with van der Waals surface area (Å²) in [4.78, 5) is 10.6. The molecular formula is C10H4F5NO2. The summed E-state index contributed by atoms with van der Waals surface area (Å²) in [5.41, 5.74) is -4.88. The van der Waals surface area contributed by atoms with Crippen molar-refractivity contribution in [1.29, 1.82) is 5.26 Å². The first-order valence-electron chi connectivity index (χ1n) is 4.35. The smallest absolute Gasteiger partial charge is 0.417 e. The second-order valence-corrected chi connectivity index (χ2v) is 3.20. The SMILES string of the molecule is N#Cc1cc(C(F)(F)F)c(C(=O)O)cc1C(F)F. The number of hydrogen-bond donors (Lipinski definition) is 1. The first-order valence-corrected chi connectivity index (χ1v) is 4.35. The van der Waals surface area contributed by atoms with Crippen LogP contribution in [0.3, 0.4) is 0 Å². The van der Waals surface area contributed by atoms with E-state index in [0.717, 1.165) is 0 Å². The van der Waals surface area contributed by atoms with Crippen molar-refractivity contribution in [2.45, 2.75) is 12.6 Å². The minimum atomic E-state index is -5.04. The highest BCUT2D eigenvalue weighted by molar-refractivity contribution is 5.90. The van der Waals surface area contributed by atoms with Crippen molar-refractivity contribution >= 4 is 5.97 Å². The van der Waals surface area contributed by atoms with Gasteiger partial charge in [0.05, 0.1) is 22.8 Å². The van der Waals surface area contributed by atoms with E-state index in [1.807, 2.05) is 0 Å². The Labute approximate surface area is 97.1 Å². The molecule has 0 aliphatic heterocycles. The minimum absolute atomic E-state index is 0.116. The molecule has 0 saturated heterocycles. The van der Waals surface area contributed by atoms with Crippen LogP contribution in [0.2, 0.25) is 0 Å². The molecule has 0 amide bonds. The molecule has 0 bridgehead atoms. The average Bonchev–Trinajstić information content (AvgIpc) is 2.25. The van der Waals surface area contributed by atoms with E-state index in [9.17, 15) is 26.7 Å². The highest BCUT2D eigenvalue weighted by atomic mass is 19.4. The van der Waals surface area contributed by atoms with E-state index < -0.39 is 40.8 Å². The lowest BCUT2D eigenvalue weighted by Gasteiger charge is -2.13. The fourth-order valence-electron chi connectivity index (χ4n) is 1.31. The molecule has 1 aromatic rings. The van der Waals surface area contributed by atoms with Gasteiger partial charge in [0, 0.05) is 5.56 Å². The summed E-state index contributed by atoms with van der Waals surface area (Å²) < 4.78 is 62.4. The van der Waals surface area contributed by atoms with Gasteiger partial charge in [-0.2, -0.15) is 18.4 Å². The number of alkyl halides is 5. The quantitative estimate of drug-likeness (QED) is 0.835. The van der Waals surface area contributed by atoms with E-state index in [1.54, 1.807) is 0 Å². The first kappa shape index (κ1) is 13.9. The number of rotatable bonds is 2. The number of carboxylic acids is 1. The van der Waals surface area contributed by atoms with E-state index in [-0.39, 0.29) is 12.1 Å². The normalized spacial score (nSPS) is 11.4. The van der Waals surface area contributed by atoms with Crippen molar-refractivity contribution in [2.24, 2.45) is 0 Å². The van der Waals surface area contributed by atoms with Crippen LogP contribution in [0.4, 0.5) is 22.0 Å². The van der Waals surface area contributed by atoms with Crippen molar-refractivity contribution in [3.05, 3.63) is 34.4 Å². The molecule has 18 heavy (non-hydrogen) atoms. The zero-order valence-electron chi connectivity index (χ0n) is 8.42. The second kappa shape index (κ2) is 4.60. The van der Waals surface area contributed by atoms with Gasteiger partial charge in [-0.25, -0.2) is 13.6 Å². The Morgan fingerprint density at radius 1 is 1.33 bits per heavy atom. The summed E-state index contributed by atoms with van der Waals surface area (Å²) in [5, 5.41) is 17.1. The molecule has 96 valence electrons. The van der Waals surface area contributed by atoms with Crippen molar-refractivity contribution in [1.82, 2.24) is 0 Å². The van der Waals surface area contributed by atoms with Gasteiger partial charge >= 0.3 is 12.1 Å². The molecule has 8 heteroatoms. The van der Waals surface area contributed by atoms with Crippen molar-refractivity contribution in [2.75, 3.05) is 0 Å². The van der Waals surface area contributed by atoms with Gasteiger partial charge in [-0.3, -0.25) is 0 Å². The van der Waals surface area contributed by atoms with Crippen LogP contribution in [0.25, 0.3) is 0 Å². The van der Waals surface area contributed by atoms with Crippen LogP contribution in [0.1, 0.15) is 33.5 Å². The van der Waals surface area contributed by atoms with Gasteiger partial charge in [-0.15, -0.1) is 0 Å². The number of halogens is 5. The Morgan fingerprint density at radius 2 is 1.89 bits per heavy atom. The molecule has 0 saturated carbocycles. The van der Waals surface area contributed by atoms with Crippen LogP contribution in [-0.2, 0) is 6.18 Å². The lowest BCUT2D eigenvalue weighted by Crippen LogP contribution is -2.14. The van der Waals surface area contributed by atoms with Crippen molar-refractivity contribution in [3.63, 3.8) is 0 Å². The zero-order chi connectivity index (χ0) is 14.1. The second-order valence-electron chi connectivity index (χ2n) is 3.20. The summed E-state index contributed by atoms with van der Waals surface area (Å²) in [6.07, 6.45) is -8.28. The fraction of sp³-hybridized carbons (Fsp3) is 0.200. The summed E-state index contributed by atoms with van der Waals surface area (Å²) in [5.74, 6) is -1.99. The van der Waals surface area contributed by atoms with Gasteiger partial charge in [0.1, 0.15) is 0 Å². The zero-order valence-corrected chi connectivity index (χ0v) is 8.42. The maximum atomic E-state index is 12.5. The molecule has 0 atom stereocenters. The third kappa shape index (κ3) is 2.56. The largest absolute Gasteiger partial charge is 0.478 e. The maximum Gasteiger partial charge on any atom is 0.417 e. The number of benzene rings is 1. The van der Waals surface area contributed by atoms with Crippen LogP contribution >= 0.6 is 0 Å². The van der Waals surface area contributed by atoms with Crippen LogP contribution in [-0.4, -0.2) is 11.1 Å². The summed E-state index contributed by atoms with van der Waals surface area (Å²) in [6.45, 7) is 0. The predicted molar refractivity (Wildman–Crippen MR) is 48.1 cm³/mol. The van der Waals surface area contributed by atoms with E-state index in [0.29, 0.717) is 0 Å². The van der Waals surface area contributed by atoms with Gasteiger partial charge in [0.2, 0.25) is 0 Å². The molecule has 0 spiro atoms. The van der Waals surface area contributed by atoms with Crippen LogP contribution in [0.5, 0.6) is 0 Å². The number of hydrogen-bond acceptors (Lipinski definition) is 2. The molecular weight excluding hydrogens is 261 g/mol. The average molecular weight is 265 g/mol. The molecule has 0 radical (unpaired) electrons. The van der Waals surface area contributed by atoms with Crippen LogP contribution < -0.4 is 0 Å². The van der Waals surface area contributed by atoms with Crippen LogP contribution in [0.15, 0.2) is 12.1 Å². The Balaban J connectivity index is 3.64. The third-order valence-corrected chi connectivity index (χ3v) is 2.08. The molecule has 0 heterocycles. The van der Waals surface area contributed by atoms with Crippen LogP contribution in [0, 0.1) is 11.3 Å². The van der Waals surface area contributed by atoms with Gasteiger partial charge in [0.15, 0.2) is 0 Å². The molecule has 0 aromatic heterocycles. The predicted octanol–water partition coefficient (Wildman–Crippen LogP) is 3.21. The third-order valence-electron chi connectivity index (χ3n) is 2.08. The Kier molecular flexibility index (Phi) is 3.55. The van der Waals surface area contributed by atoms with E-state index in [4.69, 9.17) is 10.4 Å². The lowest BCUT2D eigenvalue weighted by molar-refractivity contribution is -0.138. The van der Waals surface area contributed by atoms with Crippen molar-refractivity contribution in [3.8, 4) is 6.07 Å². The van der Waals surface area contributed by atoms with Gasteiger partial charge in [0.25, 0.3) is 6.43 Å². The monoisotopic (exact) mass is 265 g/mol. The molecule has 0 aliphatic rings. The van der Waals surface area contributed by atoms with Crippen molar-refractivity contribution < 1.29 is 31.9 Å². The summed E-state index contributed by atoms with van der Waals surface area (Å²) in [7, 11) is 0. The Bertz CT molecular complexity index is 530. The van der Waals surface area contributed by atoms with E-state index >= 15 is 0 Å². The Morgan fingerprint density at radius 3 is 2.22 bits per heavy atom. The topological polar surface area (TPSA) is 61.1 Å². The van der Waals surface area contributed by atoms with E-state index in [2.05, 4.69) is 0 Å². The molecule has 1 rings (SSSR count). The van der Waals surface area contributed by atoms with Gasteiger partial charge < -0.3 is 5.11 Å². The molecule has 0 unspecified atom stereocenters. The highest BCUT2D eigenvalue weighted by Crippen LogP contribution is 2.35. The number of aromatic carboxylic acids is 1. The highest BCUT2D eigenvalue weighted by Gasteiger charge is 2.37. The first-order chi connectivity index (χ1) is 8.18. The summed E-state index contributed by atoms with van der Waals surface area (Å²) in [6, 6.07) is 1.47. The standard InChI is InChI=1S/C10H4F5NO2/c11-8(12)5-2-6(9(17)18)7(10(13,14)15)1-4(5)3-16/h1-2,8H,(H,17,18). The number of nitrogens with zero attached hydrogens (tertiary/aromatic N) is 1. The molecule has 0 aliphatic carbocycles. The molecule has 1 aromatic carbocycles. The van der Waals surface area contributed by atoms with Gasteiger partial charge in [-0.1, -0.05) is 0 Å². The molecule has 1 N–H and O–H groups in total.